The van der Waals surface area contributed by atoms with Crippen LogP contribution in [-0.2, 0) is 51.2 Å². The van der Waals surface area contributed by atoms with Crippen LogP contribution in [0.4, 0.5) is 4.79 Å². The highest BCUT2D eigenvalue weighted by Gasteiger charge is 2.35. The molecule has 0 bridgehead atoms. The Balaban J connectivity index is 1.78. The second-order valence-corrected chi connectivity index (χ2v) is 18.6. The Morgan fingerprint density at radius 2 is 1.27 bits per heavy atom. The summed E-state index contributed by atoms with van der Waals surface area (Å²) in [5, 5.41) is 25.0. The van der Waals surface area contributed by atoms with Crippen molar-refractivity contribution in [1.82, 2.24) is 52.8 Å². The van der Waals surface area contributed by atoms with Crippen LogP contribution in [0.5, 0.6) is 0 Å². The average Bonchev–Trinajstić information content (AvgIpc) is 3.80. The van der Waals surface area contributed by atoms with E-state index in [2.05, 4.69) is 62.8 Å². The Labute approximate surface area is 446 Å². The number of para-hydroxylation sites is 1. The van der Waals surface area contributed by atoms with Gasteiger partial charge in [0.25, 0.3) is 0 Å². The standard InChI is InChI=1S/C50H76N18O9/c1-29(69)62-35(17-9-21-58-48(52)53)42(71)68-40-26-41(70)57-20-8-7-14-32(27-51)63-45(74)39(25-31-28-61-34-16-6-5-15-33(31)34)67-44(73)36(18-10-22-59-49(54)55)64-46(75)38(24-30-12-3-2-4-13-30)66-43(72)37(65-47(40)76)19-11-23-60-50(56)77/h2-6,12-13,15-16,28,32,35-40,61H,7-11,14,17-27,51H2,1H3,(H,57,70)(H,62,69)(H,63,74)(H,64,75)(H,65,76)(H,66,72)(H,67,73)(H,68,71)(H4,52,53,58)(H4,54,55,59)(H3,56,60,77). The number of nitrogens with two attached hydrogens (primary N) is 6. The molecule has 0 saturated carbocycles. The Morgan fingerprint density at radius 1 is 0.688 bits per heavy atom. The van der Waals surface area contributed by atoms with Gasteiger partial charge in [0.2, 0.25) is 47.3 Å². The molecule has 77 heavy (non-hydrogen) atoms. The van der Waals surface area contributed by atoms with E-state index < -0.39 is 102 Å². The highest BCUT2D eigenvalue weighted by Crippen LogP contribution is 2.20. The molecule has 1 fully saturated rings. The smallest absolute Gasteiger partial charge is 0.312 e. The minimum Gasteiger partial charge on any atom is -0.370 e. The second-order valence-electron chi connectivity index (χ2n) is 18.6. The number of primary amides is 1. The van der Waals surface area contributed by atoms with Gasteiger partial charge < -0.3 is 87.2 Å². The molecule has 27 nitrogen and oxygen atoms in total. The van der Waals surface area contributed by atoms with E-state index in [1.165, 1.54) is 6.92 Å². The molecule has 7 unspecified atom stereocenters. The average molecular weight is 1070 g/mol. The number of benzene rings is 2. The Morgan fingerprint density at radius 3 is 1.92 bits per heavy atom. The predicted molar refractivity (Wildman–Crippen MR) is 289 cm³/mol. The minimum atomic E-state index is -1.63. The molecule has 2 heterocycles. The number of guanidine groups is 2. The fourth-order valence-corrected chi connectivity index (χ4v) is 8.49. The molecule has 0 radical (unpaired) electrons. The third kappa shape index (κ3) is 22.1. The first-order valence-corrected chi connectivity index (χ1v) is 25.6. The SMILES string of the molecule is CC(=O)NC(CCCN=C(N)N)C(=O)NC1CC(=O)NCCCCC(CN)NC(=O)C(Cc2c[nH]c3ccccc23)NC(=O)C(CCCN=C(N)N)NC(=O)C(Cc2ccccc2)NC(=O)C(CCCNC(N)=O)NC1=O. The molecule has 10 amide bonds. The van der Waals surface area contributed by atoms with E-state index in [1.54, 1.807) is 36.5 Å². The lowest BCUT2D eigenvalue weighted by molar-refractivity contribution is -0.136. The molecule has 2 aromatic carbocycles. The Bertz CT molecular complexity index is 2530. The summed E-state index contributed by atoms with van der Waals surface area (Å²) < 4.78 is 0. The number of carbonyl (C=O) groups excluding carboxylic acids is 9. The van der Waals surface area contributed by atoms with Crippen LogP contribution in [0.25, 0.3) is 10.9 Å². The van der Waals surface area contributed by atoms with E-state index in [-0.39, 0.29) is 96.0 Å². The van der Waals surface area contributed by atoms with Crippen molar-refractivity contribution in [3.8, 4) is 0 Å². The first-order valence-electron chi connectivity index (χ1n) is 25.6. The summed E-state index contributed by atoms with van der Waals surface area (Å²) in [4.78, 5) is 135. The van der Waals surface area contributed by atoms with Crippen LogP contribution < -0.4 is 82.3 Å². The summed E-state index contributed by atoms with van der Waals surface area (Å²) in [6.07, 6.45) is 2.56. The summed E-state index contributed by atoms with van der Waals surface area (Å²) in [5.74, 6) is -6.43. The first kappa shape index (κ1) is 61.1. The summed E-state index contributed by atoms with van der Waals surface area (Å²) in [5.41, 5.74) is 35.7. The number of aromatic amines is 1. The molecular formula is C50H76N18O9. The zero-order valence-electron chi connectivity index (χ0n) is 43.4. The number of carbonyl (C=O) groups is 9. The molecule has 3 aromatic rings. The zero-order valence-corrected chi connectivity index (χ0v) is 43.4. The number of aliphatic imine (C=N–C) groups is 2. The highest BCUT2D eigenvalue weighted by molar-refractivity contribution is 5.98. The van der Waals surface area contributed by atoms with Gasteiger partial charge in [-0.3, -0.25) is 48.3 Å². The number of nitrogens with zero attached hydrogens (tertiary/aromatic N) is 2. The summed E-state index contributed by atoms with van der Waals surface area (Å²) >= 11 is 0. The monoisotopic (exact) mass is 1070 g/mol. The van der Waals surface area contributed by atoms with Crippen LogP contribution >= 0.6 is 0 Å². The number of hydrogen-bond acceptors (Lipinski definition) is 12. The van der Waals surface area contributed by atoms with Gasteiger partial charge in [0.1, 0.15) is 36.3 Å². The van der Waals surface area contributed by atoms with Crippen molar-refractivity contribution in [2.75, 3.05) is 32.7 Å². The van der Waals surface area contributed by atoms with Crippen LogP contribution in [0.3, 0.4) is 0 Å². The summed E-state index contributed by atoms with van der Waals surface area (Å²) in [6.45, 7) is 1.48. The maximum atomic E-state index is 14.7. The van der Waals surface area contributed by atoms with Crippen LogP contribution in [-0.4, -0.2) is 145 Å². The van der Waals surface area contributed by atoms with Gasteiger partial charge in [-0.25, -0.2) is 4.79 Å². The van der Waals surface area contributed by atoms with Crippen LogP contribution in [0, 0.1) is 0 Å². The third-order valence-electron chi connectivity index (χ3n) is 12.4. The molecule has 420 valence electrons. The van der Waals surface area contributed by atoms with E-state index in [1.807, 2.05) is 24.3 Å². The maximum Gasteiger partial charge on any atom is 0.312 e. The number of amides is 10. The molecule has 1 aliphatic heterocycles. The molecule has 4 rings (SSSR count). The van der Waals surface area contributed by atoms with Crippen molar-refractivity contribution in [3.05, 3.63) is 71.9 Å². The van der Waals surface area contributed by atoms with E-state index in [4.69, 9.17) is 34.4 Å². The highest BCUT2D eigenvalue weighted by atomic mass is 16.2. The predicted octanol–water partition coefficient (Wildman–Crippen LogP) is -3.43. The molecule has 0 aliphatic carbocycles. The zero-order chi connectivity index (χ0) is 56.3. The molecule has 0 spiro atoms. The van der Waals surface area contributed by atoms with Gasteiger partial charge in [-0.15, -0.1) is 0 Å². The van der Waals surface area contributed by atoms with E-state index >= 15 is 0 Å². The number of aromatic nitrogens is 1. The number of H-pyrrole nitrogens is 1. The number of hydrogen-bond donors (Lipinski definition) is 16. The van der Waals surface area contributed by atoms with Crippen molar-refractivity contribution < 1.29 is 43.2 Å². The van der Waals surface area contributed by atoms with Gasteiger partial charge in [-0.05, 0) is 75.0 Å². The lowest BCUT2D eigenvalue weighted by Crippen LogP contribution is -2.60. The normalized spacial score (nSPS) is 20.8. The number of nitrogens with one attached hydrogen (secondary N) is 10. The van der Waals surface area contributed by atoms with Gasteiger partial charge in [-0.2, -0.15) is 0 Å². The quantitative estimate of drug-likeness (QED) is 0.0298. The topological polar surface area (TPSA) is 459 Å². The van der Waals surface area contributed by atoms with Gasteiger partial charge in [0.05, 0.1) is 6.42 Å². The van der Waals surface area contributed by atoms with Gasteiger partial charge in [0.15, 0.2) is 11.9 Å². The lowest BCUT2D eigenvalue weighted by Gasteiger charge is -2.28. The molecule has 1 saturated heterocycles. The third-order valence-corrected chi connectivity index (χ3v) is 12.4. The van der Waals surface area contributed by atoms with Crippen LogP contribution in [0.1, 0.15) is 82.3 Å². The fourth-order valence-electron chi connectivity index (χ4n) is 8.49. The number of fused-ring (bicyclic) bond motifs is 1. The van der Waals surface area contributed by atoms with Crippen molar-refractivity contribution in [1.29, 1.82) is 0 Å². The van der Waals surface area contributed by atoms with Crippen molar-refractivity contribution in [2.24, 2.45) is 44.4 Å². The molecule has 22 N–H and O–H groups in total. The van der Waals surface area contributed by atoms with E-state index in [0.29, 0.717) is 24.8 Å². The first-order chi connectivity index (χ1) is 36.8. The van der Waals surface area contributed by atoms with Crippen molar-refractivity contribution in [3.63, 3.8) is 0 Å². The van der Waals surface area contributed by atoms with Gasteiger partial charge in [0, 0.05) is 75.6 Å². The molecular weight excluding hydrogens is 997 g/mol. The van der Waals surface area contributed by atoms with Gasteiger partial charge in [-0.1, -0.05) is 48.5 Å². The molecule has 7 atom stereocenters. The number of rotatable bonds is 20. The fraction of sp³-hybridized carbons (Fsp3) is 0.500. The second kappa shape index (κ2) is 32.1. The molecule has 27 heteroatoms. The summed E-state index contributed by atoms with van der Waals surface area (Å²) in [6, 6.07) is 6.42. The van der Waals surface area contributed by atoms with Crippen LogP contribution in [0.2, 0.25) is 0 Å². The van der Waals surface area contributed by atoms with E-state index in [9.17, 15) is 43.2 Å². The molecule has 1 aromatic heterocycles. The van der Waals surface area contributed by atoms with E-state index in [0.717, 1.165) is 16.5 Å². The largest absolute Gasteiger partial charge is 0.370 e. The van der Waals surface area contributed by atoms with Gasteiger partial charge >= 0.3 is 6.03 Å². The lowest BCUT2D eigenvalue weighted by atomic mass is 10.0. The summed E-state index contributed by atoms with van der Waals surface area (Å²) in [7, 11) is 0. The molecule has 1 aliphatic rings. The Kier molecular flexibility index (Phi) is 25.4. The van der Waals surface area contributed by atoms with Crippen molar-refractivity contribution >= 4 is 76.1 Å². The van der Waals surface area contributed by atoms with Crippen LogP contribution in [0.15, 0.2) is 70.8 Å². The Hall–Kier alpha value is -8.49. The maximum absolute atomic E-state index is 14.7. The number of urea groups is 1. The van der Waals surface area contributed by atoms with Crippen molar-refractivity contribution in [2.45, 2.75) is 126 Å². The minimum absolute atomic E-state index is 0.0246.